The van der Waals surface area contributed by atoms with E-state index >= 15 is 0 Å². The molecular formula is C14H16Cl2O. The fraction of sp³-hybridized carbons (Fsp3) is 0.500. The Morgan fingerprint density at radius 2 is 1.82 bits per heavy atom. The lowest BCUT2D eigenvalue weighted by Gasteiger charge is -2.17. The second kappa shape index (κ2) is 5.41. The van der Waals surface area contributed by atoms with Gasteiger partial charge in [-0.1, -0.05) is 30.7 Å². The number of halogens is 2. The normalized spacial score (nSPS) is 30.1. The molecule has 92 valence electrons. The van der Waals surface area contributed by atoms with Crippen LogP contribution < -0.4 is 0 Å². The topological polar surface area (TPSA) is 17.1 Å². The quantitative estimate of drug-likeness (QED) is 0.546. The summed E-state index contributed by atoms with van der Waals surface area (Å²) in [5.41, 5.74) is 1.04. The minimum absolute atomic E-state index is 0.0627. The van der Waals surface area contributed by atoms with Gasteiger partial charge < -0.3 is 0 Å². The van der Waals surface area contributed by atoms with Crippen LogP contribution in [0.2, 0.25) is 5.02 Å². The van der Waals surface area contributed by atoms with Crippen molar-refractivity contribution in [2.45, 2.75) is 37.5 Å². The van der Waals surface area contributed by atoms with Crippen LogP contribution in [0.5, 0.6) is 0 Å². The average Bonchev–Trinajstić information content (AvgIpc) is 2.44. The molecule has 0 aromatic heterocycles. The molecule has 0 unspecified atom stereocenters. The molecule has 1 aliphatic carbocycles. The van der Waals surface area contributed by atoms with Crippen LogP contribution in [0.25, 0.3) is 0 Å². The fourth-order valence-electron chi connectivity index (χ4n) is 2.40. The first-order valence-electron chi connectivity index (χ1n) is 6.01. The Labute approximate surface area is 112 Å². The molecule has 1 aromatic rings. The van der Waals surface area contributed by atoms with Crippen molar-refractivity contribution in [3.8, 4) is 0 Å². The predicted octanol–water partition coefficient (Wildman–Crippen LogP) is 4.42. The third-order valence-corrected chi connectivity index (χ3v) is 4.15. The van der Waals surface area contributed by atoms with E-state index in [0.29, 0.717) is 10.8 Å². The Balaban J connectivity index is 2.27. The number of hydrogen-bond donors (Lipinski definition) is 0. The third kappa shape index (κ3) is 3.02. The van der Waals surface area contributed by atoms with Crippen molar-refractivity contribution < 1.29 is 4.79 Å². The van der Waals surface area contributed by atoms with E-state index < -0.39 is 0 Å². The van der Waals surface area contributed by atoms with Crippen LogP contribution in [0.15, 0.2) is 24.3 Å². The van der Waals surface area contributed by atoms with E-state index in [1.165, 1.54) is 0 Å². The van der Waals surface area contributed by atoms with E-state index in [0.717, 1.165) is 24.8 Å². The largest absolute Gasteiger partial charge is 0.299 e. The lowest BCUT2D eigenvalue weighted by molar-refractivity contribution is -0.123. The number of rotatable bonds is 1. The van der Waals surface area contributed by atoms with Gasteiger partial charge in [-0.2, -0.15) is 0 Å². The monoisotopic (exact) mass is 270 g/mol. The second-order valence-corrected chi connectivity index (χ2v) is 5.87. The Morgan fingerprint density at radius 1 is 1.18 bits per heavy atom. The van der Waals surface area contributed by atoms with E-state index in [1.807, 2.05) is 31.2 Å². The van der Waals surface area contributed by atoms with Gasteiger partial charge in [0, 0.05) is 22.2 Å². The first-order chi connectivity index (χ1) is 8.08. The van der Waals surface area contributed by atoms with Crippen LogP contribution in [0.3, 0.4) is 0 Å². The van der Waals surface area contributed by atoms with Crippen molar-refractivity contribution in [2.75, 3.05) is 0 Å². The predicted molar refractivity (Wildman–Crippen MR) is 71.9 cm³/mol. The third-order valence-electron chi connectivity index (χ3n) is 3.51. The highest BCUT2D eigenvalue weighted by Crippen LogP contribution is 2.34. The van der Waals surface area contributed by atoms with Gasteiger partial charge in [0.25, 0.3) is 0 Å². The summed E-state index contributed by atoms with van der Waals surface area (Å²) in [5.74, 6) is 0.363. The Morgan fingerprint density at radius 3 is 2.47 bits per heavy atom. The maximum atomic E-state index is 12.3. The smallest absolute Gasteiger partial charge is 0.143 e. The van der Waals surface area contributed by atoms with Gasteiger partial charge in [-0.15, -0.1) is 11.6 Å². The number of carbonyl (C=O) groups excluding carboxylic acids is 1. The summed E-state index contributed by atoms with van der Waals surface area (Å²) in [7, 11) is 0. The van der Waals surface area contributed by atoms with Gasteiger partial charge in [-0.25, -0.2) is 0 Å². The molecule has 0 spiro atoms. The van der Waals surface area contributed by atoms with Crippen molar-refractivity contribution in [3.63, 3.8) is 0 Å². The van der Waals surface area contributed by atoms with Gasteiger partial charge in [-0.3, -0.25) is 4.79 Å². The van der Waals surface area contributed by atoms with Gasteiger partial charge >= 0.3 is 0 Å². The van der Waals surface area contributed by atoms with Crippen molar-refractivity contribution in [2.24, 2.45) is 5.92 Å². The lowest BCUT2D eigenvalue weighted by Crippen LogP contribution is -2.18. The van der Waals surface area contributed by atoms with Crippen LogP contribution in [0, 0.1) is 5.92 Å². The van der Waals surface area contributed by atoms with Crippen LogP contribution in [0.4, 0.5) is 0 Å². The molecule has 0 N–H and O–H groups in total. The molecule has 1 aromatic carbocycles. The standard InChI is InChI=1S/C14H16Cl2O/c1-9-2-5-12(16)8-13(14(9)17)10-3-6-11(15)7-4-10/h3-4,6-7,9,12-13H,2,5,8H2,1H3/t9-,12+,13-/m0/s1. The van der Waals surface area contributed by atoms with Crippen molar-refractivity contribution in [1.29, 1.82) is 0 Å². The molecule has 17 heavy (non-hydrogen) atoms. The van der Waals surface area contributed by atoms with Crippen LogP contribution in [-0.4, -0.2) is 11.2 Å². The van der Waals surface area contributed by atoms with Gasteiger partial charge in [0.15, 0.2) is 0 Å². The molecule has 0 bridgehead atoms. The summed E-state index contributed by atoms with van der Waals surface area (Å²) in [6, 6.07) is 7.55. The SMILES string of the molecule is C[C@H]1CC[C@@H](Cl)C[C@@H](c2ccc(Cl)cc2)C1=O. The van der Waals surface area contributed by atoms with Crippen molar-refractivity contribution >= 4 is 29.0 Å². The highest BCUT2D eigenvalue weighted by atomic mass is 35.5. The summed E-state index contributed by atoms with van der Waals surface area (Å²) in [6.45, 7) is 2.00. The molecule has 0 saturated heterocycles. The number of Topliss-reactive ketones (excluding diaryl/α,β-unsaturated/α-hetero) is 1. The van der Waals surface area contributed by atoms with Gasteiger partial charge in [0.05, 0.1) is 0 Å². The molecule has 0 aliphatic heterocycles. The Bertz CT molecular complexity index is 399. The average molecular weight is 271 g/mol. The summed E-state index contributed by atoms with van der Waals surface area (Å²) in [6.07, 6.45) is 2.57. The van der Waals surface area contributed by atoms with E-state index in [4.69, 9.17) is 23.2 Å². The highest BCUT2D eigenvalue weighted by molar-refractivity contribution is 6.30. The Kier molecular flexibility index (Phi) is 4.11. The Hall–Kier alpha value is -0.530. The van der Waals surface area contributed by atoms with Gasteiger partial charge in [0.1, 0.15) is 5.78 Å². The zero-order valence-corrected chi connectivity index (χ0v) is 11.3. The molecule has 1 fully saturated rings. The maximum absolute atomic E-state index is 12.3. The molecule has 0 heterocycles. The zero-order valence-electron chi connectivity index (χ0n) is 9.83. The molecule has 1 aliphatic rings. The second-order valence-electron chi connectivity index (χ2n) is 4.82. The molecule has 3 heteroatoms. The van der Waals surface area contributed by atoms with E-state index in [9.17, 15) is 4.79 Å². The zero-order chi connectivity index (χ0) is 12.4. The molecule has 3 atom stereocenters. The van der Waals surface area contributed by atoms with E-state index in [-0.39, 0.29) is 17.2 Å². The highest BCUT2D eigenvalue weighted by Gasteiger charge is 2.31. The first-order valence-corrected chi connectivity index (χ1v) is 6.82. The number of alkyl halides is 1. The van der Waals surface area contributed by atoms with Crippen molar-refractivity contribution in [3.05, 3.63) is 34.9 Å². The first kappa shape index (κ1) is 12.9. The van der Waals surface area contributed by atoms with Gasteiger partial charge in [-0.05, 0) is 37.0 Å². The minimum Gasteiger partial charge on any atom is -0.299 e. The summed E-state index contributed by atoms with van der Waals surface area (Å²) in [5, 5.41) is 0.801. The van der Waals surface area contributed by atoms with Gasteiger partial charge in [0.2, 0.25) is 0 Å². The molecule has 0 amide bonds. The molecular weight excluding hydrogens is 255 g/mol. The summed E-state index contributed by atoms with van der Waals surface area (Å²) in [4.78, 5) is 12.3. The summed E-state index contributed by atoms with van der Waals surface area (Å²) < 4.78 is 0. The van der Waals surface area contributed by atoms with E-state index in [2.05, 4.69) is 0 Å². The van der Waals surface area contributed by atoms with Crippen LogP contribution >= 0.6 is 23.2 Å². The molecule has 2 rings (SSSR count). The van der Waals surface area contributed by atoms with Crippen LogP contribution in [-0.2, 0) is 4.79 Å². The van der Waals surface area contributed by atoms with Crippen LogP contribution in [0.1, 0.15) is 37.7 Å². The molecule has 0 radical (unpaired) electrons. The maximum Gasteiger partial charge on any atom is 0.143 e. The number of carbonyl (C=O) groups is 1. The molecule has 1 nitrogen and oxygen atoms in total. The van der Waals surface area contributed by atoms with E-state index in [1.54, 1.807) is 0 Å². The number of ketones is 1. The summed E-state index contributed by atoms with van der Waals surface area (Å²) >= 11 is 12.1. The number of benzene rings is 1. The molecule has 1 saturated carbocycles. The fourth-order valence-corrected chi connectivity index (χ4v) is 2.83. The number of hydrogen-bond acceptors (Lipinski definition) is 1. The minimum atomic E-state index is -0.0627. The lowest BCUT2D eigenvalue weighted by atomic mass is 9.87. The van der Waals surface area contributed by atoms with Crippen molar-refractivity contribution in [1.82, 2.24) is 0 Å².